The zero-order chi connectivity index (χ0) is 20.5. The molecule has 1 aliphatic rings. The van der Waals surface area contributed by atoms with Crippen LogP contribution in [0.15, 0.2) is 36.5 Å². The molecule has 3 amide bonds. The van der Waals surface area contributed by atoms with Gasteiger partial charge in [-0.25, -0.2) is 0 Å². The molecule has 28 heavy (non-hydrogen) atoms. The summed E-state index contributed by atoms with van der Waals surface area (Å²) in [5.74, 6) is -0.675. The van der Waals surface area contributed by atoms with Gasteiger partial charge in [-0.2, -0.15) is 0 Å². The minimum absolute atomic E-state index is 0.205. The molecule has 0 radical (unpaired) electrons. The predicted octanol–water partition coefficient (Wildman–Crippen LogP) is 1.27. The molecule has 3 atom stereocenters. The lowest BCUT2D eigenvalue weighted by Crippen LogP contribution is -2.55. The zero-order valence-corrected chi connectivity index (χ0v) is 16.8. The van der Waals surface area contributed by atoms with Crippen LogP contribution in [0.4, 0.5) is 0 Å². The third kappa shape index (κ3) is 5.92. The van der Waals surface area contributed by atoms with Crippen molar-refractivity contribution in [3.05, 3.63) is 42.1 Å². The van der Waals surface area contributed by atoms with Crippen LogP contribution in [0.5, 0.6) is 0 Å². The Hall–Kier alpha value is -2.67. The van der Waals surface area contributed by atoms with Gasteiger partial charge in [0.05, 0.1) is 6.04 Å². The molecule has 7 heteroatoms. The van der Waals surface area contributed by atoms with Gasteiger partial charge in [-0.1, -0.05) is 30.3 Å². The molecule has 0 spiro atoms. The molecule has 0 saturated carbocycles. The highest BCUT2D eigenvalue weighted by Gasteiger charge is 2.33. The van der Waals surface area contributed by atoms with Gasteiger partial charge < -0.3 is 20.9 Å². The summed E-state index contributed by atoms with van der Waals surface area (Å²) >= 11 is 0. The first kappa shape index (κ1) is 21.6. The number of carbonyl (C=O) groups is 3. The average Bonchev–Trinajstić information content (AvgIpc) is 2.89. The van der Waals surface area contributed by atoms with E-state index in [-0.39, 0.29) is 23.8 Å². The maximum absolute atomic E-state index is 12.9. The molecular formula is C21H30N4O3. The Balaban J connectivity index is 1.98. The van der Waals surface area contributed by atoms with E-state index in [2.05, 4.69) is 16.0 Å². The van der Waals surface area contributed by atoms with Crippen LogP contribution < -0.4 is 16.0 Å². The first-order valence-corrected chi connectivity index (χ1v) is 9.74. The minimum atomic E-state index is -0.618. The van der Waals surface area contributed by atoms with Crippen LogP contribution >= 0.6 is 0 Å². The van der Waals surface area contributed by atoms with Crippen molar-refractivity contribution in [3.63, 3.8) is 0 Å². The molecule has 7 nitrogen and oxygen atoms in total. The highest BCUT2D eigenvalue weighted by Crippen LogP contribution is 2.15. The predicted molar refractivity (Wildman–Crippen MR) is 109 cm³/mol. The number of benzene rings is 1. The average molecular weight is 386 g/mol. The summed E-state index contributed by atoms with van der Waals surface area (Å²) in [6.45, 7) is 3.96. The molecule has 1 fully saturated rings. The van der Waals surface area contributed by atoms with Crippen LogP contribution in [0, 0.1) is 0 Å². The van der Waals surface area contributed by atoms with E-state index in [1.54, 1.807) is 38.1 Å². The molecule has 152 valence electrons. The van der Waals surface area contributed by atoms with Crippen LogP contribution in [0.1, 0.15) is 38.7 Å². The number of likely N-dealkylation sites (tertiary alicyclic amines) is 1. The number of nitrogens with one attached hydrogen (secondary N) is 3. The fourth-order valence-electron chi connectivity index (χ4n) is 3.06. The molecule has 2 rings (SSSR count). The van der Waals surface area contributed by atoms with Crippen LogP contribution in [-0.4, -0.2) is 54.3 Å². The summed E-state index contributed by atoms with van der Waals surface area (Å²) < 4.78 is 0. The van der Waals surface area contributed by atoms with E-state index in [0.717, 1.165) is 18.4 Å². The minimum Gasteiger partial charge on any atom is -0.343 e. The van der Waals surface area contributed by atoms with Crippen molar-refractivity contribution in [2.75, 3.05) is 13.6 Å². The summed E-state index contributed by atoms with van der Waals surface area (Å²) in [6.07, 6.45) is 5.60. The van der Waals surface area contributed by atoms with Gasteiger partial charge in [-0.05, 0) is 51.8 Å². The fourth-order valence-corrected chi connectivity index (χ4v) is 3.06. The van der Waals surface area contributed by atoms with Crippen molar-refractivity contribution in [2.45, 2.75) is 51.2 Å². The first-order chi connectivity index (χ1) is 13.4. The molecule has 3 N–H and O–H groups in total. The van der Waals surface area contributed by atoms with Crippen molar-refractivity contribution < 1.29 is 14.4 Å². The SMILES string of the molecule is CNC(C)C(=O)N[C@H]1CCCCN(C(C)C(=O)NC=Cc2ccccc2)C1=O. The lowest BCUT2D eigenvalue weighted by atomic mass is 10.1. The molecular weight excluding hydrogens is 356 g/mol. The maximum atomic E-state index is 12.9. The summed E-state index contributed by atoms with van der Waals surface area (Å²) in [6, 6.07) is 8.04. The smallest absolute Gasteiger partial charge is 0.246 e. The van der Waals surface area contributed by atoms with E-state index >= 15 is 0 Å². The number of nitrogens with zero attached hydrogens (tertiary/aromatic N) is 1. The highest BCUT2D eigenvalue weighted by molar-refractivity contribution is 5.93. The largest absolute Gasteiger partial charge is 0.343 e. The van der Waals surface area contributed by atoms with Gasteiger partial charge in [0.2, 0.25) is 17.7 Å². The fraction of sp³-hybridized carbons (Fsp3) is 0.476. The van der Waals surface area contributed by atoms with E-state index in [1.807, 2.05) is 30.3 Å². The van der Waals surface area contributed by atoms with Gasteiger partial charge in [0, 0.05) is 12.7 Å². The third-order valence-corrected chi connectivity index (χ3v) is 5.01. The molecule has 0 bridgehead atoms. The molecule has 1 saturated heterocycles. The van der Waals surface area contributed by atoms with E-state index in [4.69, 9.17) is 0 Å². The Bertz CT molecular complexity index is 705. The van der Waals surface area contributed by atoms with Crippen LogP contribution in [0.3, 0.4) is 0 Å². The van der Waals surface area contributed by atoms with Crippen molar-refractivity contribution in [1.29, 1.82) is 0 Å². The Labute approximate surface area is 166 Å². The zero-order valence-electron chi connectivity index (χ0n) is 16.8. The quantitative estimate of drug-likeness (QED) is 0.658. The van der Waals surface area contributed by atoms with Crippen molar-refractivity contribution >= 4 is 23.8 Å². The second-order valence-electron chi connectivity index (χ2n) is 7.03. The lowest BCUT2D eigenvalue weighted by Gasteiger charge is -2.29. The van der Waals surface area contributed by atoms with E-state index < -0.39 is 12.1 Å². The summed E-state index contributed by atoms with van der Waals surface area (Å²) in [4.78, 5) is 39.2. The second kappa shape index (κ2) is 10.6. The molecule has 1 heterocycles. The van der Waals surface area contributed by atoms with Gasteiger partial charge in [-0.3, -0.25) is 14.4 Å². The molecule has 1 aromatic rings. The maximum Gasteiger partial charge on any atom is 0.246 e. The number of hydrogen-bond acceptors (Lipinski definition) is 4. The Morgan fingerprint density at radius 1 is 1.14 bits per heavy atom. The molecule has 1 aromatic carbocycles. The number of likely N-dealkylation sites (N-methyl/N-ethyl adjacent to an activating group) is 1. The van der Waals surface area contributed by atoms with Gasteiger partial charge in [0.15, 0.2) is 0 Å². The Morgan fingerprint density at radius 2 is 1.86 bits per heavy atom. The van der Waals surface area contributed by atoms with Crippen molar-refractivity contribution in [2.24, 2.45) is 0 Å². The number of amides is 3. The summed E-state index contributed by atoms with van der Waals surface area (Å²) in [5.41, 5.74) is 0.975. The van der Waals surface area contributed by atoms with Crippen molar-refractivity contribution in [1.82, 2.24) is 20.9 Å². The van der Waals surface area contributed by atoms with E-state index in [0.29, 0.717) is 13.0 Å². The second-order valence-corrected chi connectivity index (χ2v) is 7.03. The normalized spacial score (nSPS) is 19.8. The van der Waals surface area contributed by atoms with Crippen LogP contribution in [0.2, 0.25) is 0 Å². The number of carbonyl (C=O) groups excluding carboxylic acids is 3. The molecule has 2 unspecified atom stereocenters. The number of hydrogen-bond donors (Lipinski definition) is 3. The molecule has 1 aliphatic heterocycles. The Morgan fingerprint density at radius 3 is 2.54 bits per heavy atom. The third-order valence-electron chi connectivity index (χ3n) is 5.01. The van der Waals surface area contributed by atoms with Gasteiger partial charge in [0.1, 0.15) is 12.1 Å². The van der Waals surface area contributed by atoms with E-state index in [9.17, 15) is 14.4 Å². The topological polar surface area (TPSA) is 90.5 Å². The molecule has 0 aromatic heterocycles. The van der Waals surface area contributed by atoms with Crippen LogP contribution in [-0.2, 0) is 14.4 Å². The van der Waals surface area contributed by atoms with Gasteiger partial charge >= 0.3 is 0 Å². The van der Waals surface area contributed by atoms with Crippen molar-refractivity contribution in [3.8, 4) is 0 Å². The van der Waals surface area contributed by atoms with Gasteiger partial charge in [-0.15, -0.1) is 0 Å². The first-order valence-electron chi connectivity index (χ1n) is 9.74. The summed E-state index contributed by atoms with van der Waals surface area (Å²) in [7, 11) is 1.70. The van der Waals surface area contributed by atoms with E-state index in [1.165, 1.54) is 0 Å². The standard InChI is InChI=1S/C21H30N4O3/c1-15(22-3)19(26)24-18-11-7-8-14-25(21(18)28)16(2)20(27)23-13-12-17-9-5-4-6-10-17/h4-6,9-10,12-13,15-16,18,22H,7-8,11,14H2,1-3H3,(H,23,27)(H,24,26)/t15?,16?,18-/m0/s1. The lowest BCUT2D eigenvalue weighted by molar-refractivity contribution is -0.142. The molecule has 0 aliphatic carbocycles. The van der Waals surface area contributed by atoms with Gasteiger partial charge in [0.25, 0.3) is 0 Å². The van der Waals surface area contributed by atoms with Crippen LogP contribution in [0.25, 0.3) is 6.08 Å². The summed E-state index contributed by atoms with van der Waals surface area (Å²) in [5, 5.41) is 8.42. The highest BCUT2D eigenvalue weighted by atomic mass is 16.2. The number of rotatable bonds is 7. The monoisotopic (exact) mass is 386 g/mol. The Kier molecular flexibility index (Phi) is 8.19.